The SMILES string of the molecule is C[C@H](N)c1ccc(N2CCN3C(=O)CCC3C2)cc1. The molecule has 1 aromatic carbocycles. The second kappa shape index (κ2) is 4.85. The molecular weight excluding hydrogens is 238 g/mol. The van der Waals surface area contributed by atoms with Crippen molar-refractivity contribution in [3.05, 3.63) is 29.8 Å². The molecule has 1 amide bonds. The first-order valence-corrected chi connectivity index (χ1v) is 7.05. The number of nitrogens with two attached hydrogens (primary N) is 1. The van der Waals surface area contributed by atoms with E-state index in [2.05, 4.69) is 29.2 Å². The van der Waals surface area contributed by atoms with Gasteiger partial charge < -0.3 is 15.5 Å². The van der Waals surface area contributed by atoms with Crippen LogP contribution in [0.2, 0.25) is 0 Å². The van der Waals surface area contributed by atoms with E-state index in [0.717, 1.165) is 32.5 Å². The highest BCUT2D eigenvalue weighted by Crippen LogP contribution is 2.26. The van der Waals surface area contributed by atoms with Crippen LogP contribution >= 0.6 is 0 Å². The quantitative estimate of drug-likeness (QED) is 0.876. The maximum absolute atomic E-state index is 11.7. The number of nitrogens with zero attached hydrogens (tertiary/aromatic N) is 2. The zero-order valence-corrected chi connectivity index (χ0v) is 11.4. The second-order valence-electron chi connectivity index (χ2n) is 5.61. The molecule has 2 aliphatic rings. The largest absolute Gasteiger partial charge is 0.368 e. The van der Waals surface area contributed by atoms with Gasteiger partial charge in [0.05, 0.1) is 0 Å². The van der Waals surface area contributed by atoms with Crippen LogP contribution in [0.5, 0.6) is 0 Å². The van der Waals surface area contributed by atoms with Gasteiger partial charge in [0.15, 0.2) is 0 Å². The minimum atomic E-state index is 0.0818. The van der Waals surface area contributed by atoms with Crippen LogP contribution in [0.3, 0.4) is 0 Å². The van der Waals surface area contributed by atoms with E-state index in [-0.39, 0.29) is 6.04 Å². The molecule has 2 heterocycles. The van der Waals surface area contributed by atoms with Gasteiger partial charge in [0.25, 0.3) is 0 Å². The number of carbonyl (C=O) groups excluding carboxylic acids is 1. The summed E-state index contributed by atoms with van der Waals surface area (Å²) in [5.41, 5.74) is 8.27. The predicted octanol–water partition coefficient (Wildman–Crippen LogP) is 1.52. The second-order valence-corrected chi connectivity index (χ2v) is 5.61. The molecule has 0 aromatic heterocycles. The van der Waals surface area contributed by atoms with E-state index in [1.807, 2.05) is 11.8 Å². The monoisotopic (exact) mass is 259 g/mol. The average molecular weight is 259 g/mol. The zero-order valence-electron chi connectivity index (χ0n) is 11.4. The third kappa shape index (κ3) is 2.32. The first-order valence-electron chi connectivity index (χ1n) is 7.05. The van der Waals surface area contributed by atoms with Gasteiger partial charge in [0.1, 0.15) is 0 Å². The third-order valence-corrected chi connectivity index (χ3v) is 4.28. The standard InChI is InChI=1S/C15H21N3O/c1-11(16)12-2-4-13(5-3-12)17-8-9-18-14(10-17)6-7-15(18)19/h2-5,11,14H,6-10,16H2,1H3/t11-,14?/m0/s1. The van der Waals surface area contributed by atoms with Crippen molar-refractivity contribution in [2.75, 3.05) is 24.5 Å². The fourth-order valence-corrected chi connectivity index (χ4v) is 3.09. The van der Waals surface area contributed by atoms with Gasteiger partial charge in [0.2, 0.25) is 5.91 Å². The van der Waals surface area contributed by atoms with E-state index < -0.39 is 0 Å². The molecule has 2 fully saturated rings. The summed E-state index contributed by atoms with van der Waals surface area (Å²) in [7, 11) is 0. The van der Waals surface area contributed by atoms with Crippen molar-refractivity contribution in [2.24, 2.45) is 5.73 Å². The topological polar surface area (TPSA) is 49.6 Å². The van der Waals surface area contributed by atoms with Crippen molar-refractivity contribution >= 4 is 11.6 Å². The van der Waals surface area contributed by atoms with Gasteiger partial charge in [0, 0.05) is 43.8 Å². The highest BCUT2D eigenvalue weighted by atomic mass is 16.2. The molecule has 4 nitrogen and oxygen atoms in total. The van der Waals surface area contributed by atoms with Gasteiger partial charge >= 0.3 is 0 Å². The van der Waals surface area contributed by atoms with Gasteiger partial charge in [-0.15, -0.1) is 0 Å². The van der Waals surface area contributed by atoms with Crippen LogP contribution in [-0.2, 0) is 4.79 Å². The van der Waals surface area contributed by atoms with Gasteiger partial charge in [-0.05, 0) is 31.0 Å². The van der Waals surface area contributed by atoms with E-state index >= 15 is 0 Å². The molecule has 0 bridgehead atoms. The van der Waals surface area contributed by atoms with Crippen molar-refractivity contribution in [3.8, 4) is 0 Å². The molecule has 2 saturated heterocycles. The highest BCUT2D eigenvalue weighted by Gasteiger charge is 2.35. The zero-order chi connectivity index (χ0) is 13.4. The summed E-state index contributed by atoms with van der Waals surface area (Å²) >= 11 is 0. The van der Waals surface area contributed by atoms with Gasteiger partial charge in [-0.3, -0.25) is 4.79 Å². The van der Waals surface area contributed by atoms with Gasteiger partial charge in [-0.1, -0.05) is 12.1 Å². The molecule has 0 radical (unpaired) electrons. The fourth-order valence-electron chi connectivity index (χ4n) is 3.09. The first-order chi connectivity index (χ1) is 9.15. The molecule has 2 aliphatic heterocycles. The number of anilines is 1. The fraction of sp³-hybridized carbons (Fsp3) is 0.533. The first kappa shape index (κ1) is 12.5. The number of amides is 1. The van der Waals surface area contributed by atoms with Crippen LogP contribution in [0.15, 0.2) is 24.3 Å². The number of fused-ring (bicyclic) bond motifs is 1. The summed E-state index contributed by atoms with van der Waals surface area (Å²) in [6, 6.07) is 8.99. The minimum absolute atomic E-state index is 0.0818. The van der Waals surface area contributed by atoms with E-state index in [4.69, 9.17) is 5.73 Å². The molecule has 1 aromatic rings. The number of piperazine rings is 1. The van der Waals surface area contributed by atoms with Crippen LogP contribution < -0.4 is 10.6 Å². The lowest BCUT2D eigenvalue weighted by Crippen LogP contribution is -2.51. The Balaban J connectivity index is 1.71. The molecule has 3 rings (SSSR count). The van der Waals surface area contributed by atoms with Crippen LogP contribution in [0.4, 0.5) is 5.69 Å². The smallest absolute Gasteiger partial charge is 0.223 e. The third-order valence-electron chi connectivity index (χ3n) is 4.28. The summed E-state index contributed by atoms with van der Waals surface area (Å²) in [4.78, 5) is 16.1. The molecule has 4 heteroatoms. The maximum atomic E-state index is 11.7. The van der Waals surface area contributed by atoms with Crippen LogP contribution in [-0.4, -0.2) is 36.5 Å². The summed E-state index contributed by atoms with van der Waals surface area (Å²) < 4.78 is 0. The molecule has 102 valence electrons. The van der Waals surface area contributed by atoms with Crippen molar-refractivity contribution in [3.63, 3.8) is 0 Å². The van der Waals surface area contributed by atoms with Gasteiger partial charge in [-0.25, -0.2) is 0 Å². The molecule has 0 aliphatic carbocycles. The molecular formula is C15H21N3O. The molecule has 1 unspecified atom stereocenters. The summed E-state index contributed by atoms with van der Waals surface area (Å²) in [6.45, 7) is 4.75. The van der Waals surface area contributed by atoms with Crippen LogP contribution in [0, 0.1) is 0 Å². The number of carbonyl (C=O) groups is 1. The average Bonchev–Trinajstić information content (AvgIpc) is 2.80. The van der Waals surface area contributed by atoms with Gasteiger partial charge in [-0.2, -0.15) is 0 Å². The summed E-state index contributed by atoms with van der Waals surface area (Å²) in [5, 5.41) is 0. The van der Waals surface area contributed by atoms with E-state index in [0.29, 0.717) is 11.9 Å². The lowest BCUT2D eigenvalue weighted by Gasteiger charge is -2.39. The predicted molar refractivity (Wildman–Crippen MR) is 76.0 cm³/mol. The Labute approximate surface area is 114 Å². The van der Waals surface area contributed by atoms with Crippen molar-refractivity contribution in [1.29, 1.82) is 0 Å². The molecule has 19 heavy (non-hydrogen) atoms. The van der Waals surface area contributed by atoms with Crippen molar-refractivity contribution in [1.82, 2.24) is 4.90 Å². The minimum Gasteiger partial charge on any atom is -0.368 e. The molecule has 0 spiro atoms. The Bertz CT molecular complexity index is 469. The Kier molecular flexibility index (Phi) is 3.19. The number of hydrogen-bond acceptors (Lipinski definition) is 3. The Hall–Kier alpha value is -1.55. The van der Waals surface area contributed by atoms with E-state index in [9.17, 15) is 4.79 Å². The Morgan fingerprint density at radius 1 is 1.26 bits per heavy atom. The maximum Gasteiger partial charge on any atom is 0.223 e. The Morgan fingerprint density at radius 2 is 2.00 bits per heavy atom. The van der Waals surface area contributed by atoms with Crippen LogP contribution in [0.25, 0.3) is 0 Å². The van der Waals surface area contributed by atoms with Crippen molar-refractivity contribution in [2.45, 2.75) is 31.8 Å². The number of benzene rings is 1. The molecule has 0 saturated carbocycles. The van der Waals surface area contributed by atoms with Crippen molar-refractivity contribution < 1.29 is 4.79 Å². The van der Waals surface area contributed by atoms with Crippen LogP contribution in [0.1, 0.15) is 31.4 Å². The van der Waals surface area contributed by atoms with E-state index in [1.54, 1.807) is 0 Å². The molecule has 2 atom stereocenters. The normalized spacial score (nSPS) is 24.5. The lowest BCUT2D eigenvalue weighted by atomic mass is 10.1. The lowest BCUT2D eigenvalue weighted by molar-refractivity contribution is -0.129. The number of rotatable bonds is 2. The number of hydrogen-bond donors (Lipinski definition) is 1. The molecule has 2 N–H and O–H groups in total. The highest BCUT2D eigenvalue weighted by molar-refractivity contribution is 5.79. The summed E-state index contributed by atoms with van der Waals surface area (Å²) in [6.07, 6.45) is 1.73. The summed E-state index contributed by atoms with van der Waals surface area (Å²) in [5.74, 6) is 0.331. The van der Waals surface area contributed by atoms with E-state index in [1.165, 1.54) is 11.3 Å². The Morgan fingerprint density at radius 3 is 2.68 bits per heavy atom.